The van der Waals surface area contributed by atoms with Gasteiger partial charge in [0, 0.05) is 48.7 Å². The number of aromatic carboxylic acids is 1. The van der Waals surface area contributed by atoms with E-state index in [1.54, 1.807) is 0 Å². The fourth-order valence-electron chi connectivity index (χ4n) is 5.04. The molecule has 0 spiro atoms. The molecule has 0 radical (unpaired) electrons. The molecule has 3 aromatic rings. The highest BCUT2D eigenvalue weighted by molar-refractivity contribution is 6.36. The second-order valence-electron chi connectivity index (χ2n) is 10.4. The van der Waals surface area contributed by atoms with Gasteiger partial charge in [-0.25, -0.2) is 4.79 Å². The number of carbonyl (C=O) groups excluding carboxylic acids is 4. The van der Waals surface area contributed by atoms with Gasteiger partial charge in [-0.15, -0.1) is 0 Å². The number of nitrogens with zero attached hydrogens (tertiary/aromatic N) is 1. The maximum atomic E-state index is 14.4. The van der Waals surface area contributed by atoms with Gasteiger partial charge in [0.1, 0.15) is 12.7 Å². The normalized spacial score (nSPS) is 20.9. The molecule has 1 fully saturated rings. The van der Waals surface area contributed by atoms with Crippen molar-refractivity contribution >= 4 is 64.0 Å². The summed E-state index contributed by atoms with van der Waals surface area (Å²) in [4.78, 5) is 66.3. The third kappa shape index (κ3) is 8.11. The molecule has 1 aliphatic rings. The zero-order chi connectivity index (χ0) is 35.7. The Morgan fingerprint density at radius 2 is 1.46 bits per heavy atom. The van der Waals surface area contributed by atoms with Crippen LogP contribution in [0.2, 0.25) is 10.0 Å². The van der Waals surface area contributed by atoms with Crippen LogP contribution in [-0.2, 0) is 49.0 Å². The SMILES string of the molecule is CC(=O)OC[C@H]1O[C@@H](On2c(C(=O)O)cc3c(C(F)(F)F)cc(-c4ccc(Cl)cc4Cl)cc32)[C@H](OC(C)=O)[C@@H](OC(C)=O)[C@@H]1OC(C)=O. The monoisotopic (exact) mass is 719 g/mol. The maximum absolute atomic E-state index is 14.4. The summed E-state index contributed by atoms with van der Waals surface area (Å²) in [7, 11) is 0. The molecule has 2 aromatic carbocycles. The van der Waals surface area contributed by atoms with Gasteiger partial charge < -0.3 is 33.6 Å². The van der Waals surface area contributed by atoms with Crippen LogP contribution in [0.5, 0.6) is 0 Å². The number of hydrogen-bond donors (Lipinski definition) is 1. The van der Waals surface area contributed by atoms with Crippen molar-refractivity contribution < 1.29 is 70.8 Å². The minimum absolute atomic E-state index is 0.0213. The van der Waals surface area contributed by atoms with Gasteiger partial charge in [0.05, 0.1) is 11.1 Å². The Kier molecular flexibility index (Phi) is 10.8. The number of rotatable bonds is 9. The van der Waals surface area contributed by atoms with Crippen molar-refractivity contribution in [2.45, 2.75) is 64.6 Å². The molecule has 2 heterocycles. The Morgan fingerprint density at radius 1 is 0.854 bits per heavy atom. The van der Waals surface area contributed by atoms with Crippen molar-refractivity contribution in [2.24, 2.45) is 0 Å². The minimum atomic E-state index is -5.01. The first-order valence-corrected chi connectivity index (χ1v) is 14.6. The molecular weight excluding hydrogens is 694 g/mol. The summed E-state index contributed by atoms with van der Waals surface area (Å²) < 4.78 is 70.6. The Bertz CT molecular complexity index is 1780. The molecule has 13 nitrogen and oxygen atoms in total. The molecule has 0 aliphatic carbocycles. The smallest absolute Gasteiger partial charge is 0.417 e. The van der Waals surface area contributed by atoms with Gasteiger partial charge in [0.15, 0.2) is 17.9 Å². The standard InChI is InChI=1S/C30H26Cl2F3NO12/c1-12(37)43-11-24-25(44-13(2)38)26(45-14(3)39)27(46-15(4)40)29(47-24)48-36-22-8-16(18-6-5-17(31)9-21(18)32)7-20(30(33,34)35)19(22)10-23(36)28(41)42/h5-10,24-27,29H,11H2,1-4H3,(H,41,42)/t24-,25-,26+,27-,29+/m1/s1. The van der Waals surface area contributed by atoms with E-state index < -0.39 is 95.5 Å². The lowest BCUT2D eigenvalue weighted by Crippen LogP contribution is -2.64. The number of halogens is 5. The van der Waals surface area contributed by atoms with E-state index in [-0.39, 0.29) is 21.2 Å². The highest BCUT2D eigenvalue weighted by Gasteiger charge is 2.54. The number of aromatic nitrogens is 1. The molecule has 258 valence electrons. The van der Waals surface area contributed by atoms with Crippen molar-refractivity contribution in [3.63, 3.8) is 0 Å². The van der Waals surface area contributed by atoms with E-state index in [1.807, 2.05) is 0 Å². The van der Waals surface area contributed by atoms with Crippen LogP contribution in [-0.4, -0.2) is 77.0 Å². The van der Waals surface area contributed by atoms with Crippen LogP contribution in [0.4, 0.5) is 13.2 Å². The van der Waals surface area contributed by atoms with Crippen LogP contribution in [0.3, 0.4) is 0 Å². The van der Waals surface area contributed by atoms with Crippen molar-refractivity contribution in [2.75, 3.05) is 6.61 Å². The zero-order valence-corrected chi connectivity index (χ0v) is 26.8. The van der Waals surface area contributed by atoms with Gasteiger partial charge in [-0.1, -0.05) is 29.3 Å². The number of alkyl halides is 3. The molecule has 1 saturated heterocycles. The van der Waals surface area contributed by atoms with E-state index in [0.717, 1.165) is 39.8 Å². The number of esters is 4. The molecule has 18 heteroatoms. The van der Waals surface area contributed by atoms with Gasteiger partial charge >= 0.3 is 36.0 Å². The number of carboxylic acids is 1. The van der Waals surface area contributed by atoms with E-state index in [0.29, 0.717) is 10.8 Å². The molecule has 1 aromatic heterocycles. The summed E-state index contributed by atoms with van der Waals surface area (Å²) in [6.07, 6.45) is -13.6. The lowest BCUT2D eigenvalue weighted by atomic mass is 9.98. The van der Waals surface area contributed by atoms with Crippen LogP contribution in [0.15, 0.2) is 36.4 Å². The highest BCUT2D eigenvalue weighted by Crippen LogP contribution is 2.41. The Balaban J connectivity index is 1.96. The highest BCUT2D eigenvalue weighted by atomic mass is 35.5. The number of ether oxygens (including phenoxy) is 5. The maximum Gasteiger partial charge on any atom is 0.417 e. The number of carbonyl (C=O) groups is 5. The number of carboxylic acid groups (broad SMARTS) is 1. The lowest BCUT2D eigenvalue weighted by molar-refractivity contribution is -0.306. The first-order valence-electron chi connectivity index (χ1n) is 13.8. The van der Waals surface area contributed by atoms with Gasteiger partial charge in [0.25, 0.3) is 6.29 Å². The number of fused-ring (bicyclic) bond motifs is 1. The average Bonchev–Trinajstić information content (AvgIpc) is 3.31. The topological polar surface area (TPSA) is 166 Å². The molecule has 0 saturated carbocycles. The third-order valence-corrected chi connectivity index (χ3v) is 7.35. The minimum Gasteiger partial charge on any atom is -0.476 e. The van der Waals surface area contributed by atoms with E-state index in [2.05, 4.69) is 0 Å². The van der Waals surface area contributed by atoms with Crippen molar-refractivity contribution in [3.8, 4) is 11.1 Å². The molecule has 4 rings (SSSR count). The predicted molar refractivity (Wildman–Crippen MR) is 158 cm³/mol. The van der Waals surface area contributed by atoms with Crippen LogP contribution in [0.1, 0.15) is 43.7 Å². The Morgan fingerprint density at radius 3 is 2.00 bits per heavy atom. The van der Waals surface area contributed by atoms with Crippen molar-refractivity contribution in [1.82, 2.24) is 4.73 Å². The Labute approximate surface area is 279 Å². The van der Waals surface area contributed by atoms with Crippen LogP contribution < -0.4 is 4.84 Å². The summed E-state index contributed by atoms with van der Waals surface area (Å²) in [6.45, 7) is 3.35. The summed E-state index contributed by atoms with van der Waals surface area (Å²) >= 11 is 12.3. The first-order chi connectivity index (χ1) is 22.4. The molecule has 1 N–H and O–H groups in total. The molecular formula is C30H26Cl2F3NO12. The van der Waals surface area contributed by atoms with Crippen LogP contribution in [0, 0.1) is 0 Å². The van der Waals surface area contributed by atoms with E-state index in [9.17, 15) is 42.3 Å². The molecule has 0 bridgehead atoms. The Hall–Kier alpha value is -4.54. The van der Waals surface area contributed by atoms with Crippen LogP contribution >= 0.6 is 23.2 Å². The van der Waals surface area contributed by atoms with Gasteiger partial charge in [-0.2, -0.15) is 17.9 Å². The average molecular weight is 720 g/mol. The van der Waals surface area contributed by atoms with E-state index in [4.69, 9.17) is 51.7 Å². The second kappa shape index (κ2) is 14.3. The predicted octanol–water partition coefficient (Wildman–Crippen LogP) is 4.84. The molecule has 48 heavy (non-hydrogen) atoms. The summed E-state index contributed by atoms with van der Waals surface area (Å²) in [5.74, 6) is -5.41. The quantitative estimate of drug-likeness (QED) is 0.237. The van der Waals surface area contributed by atoms with Gasteiger partial charge in [-0.05, 0) is 35.9 Å². The van der Waals surface area contributed by atoms with Crippen LogP contribution in [0.25, 0.3) is 22.0 Å². The number of benzene rings is 2. The van der Waals surface area contributed by atoms with Gasteiger partial charge in [-0.3, -0.25) is 19.2 Å². The fraction of sp³-hybridized carbons (Fsp3) is 0.367. The fourth-order valence-corrected chi connectivity index (χ4v) is 5.55. The lowest BCUT2D eigenvalue weighted by Gasteiger charge is -2.43. The molecule has 1 aliphatic heterocycles. The summed E-state index contributed by atoms with van der Waals surface area (Å²) in [5, 5.41) is 9.61. The third-order valence-electron chi connectivity index (χ3n) is 6.80. The largest absolute Gasteiger partial charge is 0.476 e. The van der Waals surface area contributed by atoms with E-state index in [1.165, 1.54) is 18.2 Å². The molecule has 0 unspecified atom stereocenters. The first kappa shape index (κ1) is 36.3. The van der Waals surface area contributed by atoms with Gasteiger partial charge in [0.2, 0.25) is 6.10 Å². The van der Waals surface area contributed by atoms with E-state index >= 15 is 0 Å². The second-order valence-corrected chi connectivity index (χ2v) is 11.2. The molecule has 0 amide bonds. The van der Waals surface area contributed by atoms with Crippen molar-refractivity contribution in [1.29, 1.82) is 0 Å². The van der Waals surface area contributed by atoms with Crippen molar-refractivity contribution in [3.05, 3.63) is 57.7 Å². The number of hydrogen-bond acceptors (Lipinski definition) is 11. The summed E-state index contributed by atoms with van der Waals surface area (Å²) in [6, 6.07) is 6.68. The zero-order valence-electron chi connectivity index (χ0n) is 25.3. The summed E-state index contributed by atoms with van der Waals surface area (Å²) in [5.41, 5.74) is -2.55. The molecule has 5 atom stereocenters.